The van der Waals surface area contributed by atoms with E-state index in [1.807, 2.05) is 88.2 Å². The number of ether oxygens (including phenoxy) is 2. The molecule has 0 spiro atoms. The van der Waals surface area contributed by atoms with Crippen LogP contribution in [-0.4, -0.2) is 65.1 Å². The van der Waals surface area contributed by atoms with Gasteiger partial charge >= 0.3 is 11.9 Å². The van der Waals surface area contributed by atoms with Crippen molar-refractivity contribution in [3.8, 4) is 0 Å². The maximum Gasteiger partial charge on any atom is 0.338 e. The van der Waals surface area contributed by atoms with Crippen LogP contribution in [0.3, 0.4) is 0 Å². The molecule has 2 atom stereocenters. The summed E-state index contributed by atoms with van der Waals surface area (Å²) in [6, 6.07) is 14.9. The zero-order valence-electron chi connectivity index (χ0n) is 30.5. The molecule has 0 aromatic heterocycles. The summed E-state index contributed by atoms with van der Waals surface area (Å²) in [5, 5.41) is 8.75. The van der Waals surface area contributed by atoms with Gasteiger partial charge in [0.25, 0.3) is 0 Å². The lowest BCUT2D eigenvalue weighted by Gasteiger charge is -2.15. The molecule has 7 nitrogen and oxygen atoms in total. The van der Waals surface area contributed by atoms with Gasteiger partial charge in [-0.3, -0.25) is 0 Å². The molecule has 2 rings (SSSR count). The van der Waals surface area contributed by atoms with E-state index in [2.05, 4.69) is 27.7 Å². The average molecular weight is 631 g/mol. The highest BCUT2D eigenvalue weighted by atomic mass is 16.5. The van der Waals surface area contributed by atoms with Crippen molar-refractivity contribution in [1.82, 2.24) is 0 Å². The Morgan fingerprint density at radius 2 is 1.02 bits per heavy atom. The standard InChI is InChI=1S/C17H27NO2.C11H15NO2.C8H18O.C2H6/c1-5-7-8-14(6-2)13-20-17(19)15-9-11-16(12-10-15)18(3)4;1-4-14-11(13)9-5-7-10(8-6-9)12(2)3;1-3-5-6-8(4-2)7-9;1-2/h9-12,14H,5-8,13H2,1-4H3;5-8H,4H2,1-3H3;8-9H,3-7H2,1-2H3;1-2H3. The molecule has 7 heteroatoms. The molecule has 2 aromatic carbocycles. The van der Waals surface area contributed by atoms with Gasteiger partial charge in [0.2, 0.25) is 0 Å². The van der Waals surface area contributed by atoms with Crippen LogP contribution in [0.5, 0.6) is 0 Å². The maximum absolute atomic E-state index is 12.0. The smallest absolute Gasteiger partial charge is 0.338 e. The highest BCUT2D eigenvalue weighted by Crippen LogP contribution is 2.16. The van der Waals surface area contributed by atoms with Gasteiger partial charge in [-0.1, -0.05) is 80.1 Å². The fourth-order valence-electron chi connectivity index (χ4n) is 4.10. The van der Waals surface area contributed by atoms with Crippen LogP contribution in [0.4, 0.5) is 11.4 Å². The van der Waals surface area contributed by atoms with E-state index in [0.29, 0.717) is 42.8 Å². The Kier molecular flexibility index (Phi) is 27.8. The first-order valence-electron chi connectivity index (χ1n) is 17.1. The number of aliphatic hydroxyl groups is 1. The van der Waals surface area contributed by atoms with Gasteiger partial charge < -0.3 is 24.4 Å². The number of hydrogen-bond acceptors (Lipinski definition) is 7. The molecular formula is C38H66N2O5. The van der Waals surface area contributed by atoms with Crippen molar-refractivity contribution >= 4 is 23.3 Å². The second-order valence-corrected chi connectivity index (χ2v) is 11.2. The molecule has 0 bridgehead atoms. The van der Waals surface area contributed by atoms with Gasteiger partial charge in [-0.15, -0.1) is 0 Å². The maximum atomic E-state index is 12.0. The van der Waals surface area contributed by atoms with Crippen molar-refractivity contribution in [2.45, 2.75) is 99.8 Å². The number of esters is 2. The van der Waals surface area contributed by atoms with E-state index < -0.39 is 0 Å². The Labute approximate surface area is 276 Å². The summed E-state index contributed by atoms with van der Waals surface area (Å²) in [6.45, 7) is 15.8. The summed E-state index contributed by atoms with van der Waals surface area (Å²) < 4.78 is 10.3. The molecule has 45 heavy (non-hydrogen) atoms. The molecule has 2 aromatic rings. The minimum absolute atomic E-state index is 0.217. The molecule has 0 heterocycles. The number of benzene rings is 2. The topological polar surface area (TPSA) is 79.3 Å². The predicted octanol–water partition coefficient (Wildman–Crippen LogP) is 9.28. The van der Waals surface area contributed by atoms with E-state index in [1.54, 1.807) is 19.1 Å². The first-order valence-corrected chi connectivity index (χ1v) is 17.1. The van der Waals surface area contributed by atoms with Gasteiger partial charge in [0.1, 0.15) is 0 Å². The van der Waals surface area contributed by atoms with Crippen LogP contribution < -0.4 is 9.80 Å². The number of carbonyl (C=O) groups excluding carboxylic acids is 2. The van der Waals surface area contributed by atoms with E-state index >= 15 is 0 Å². The first kappa shape index (κ1) is 44.1. The second kappa shape index (κ2) is 28.4. The molecule has 0 aliphatic carbocycles. The average Bonchev–Trinajstić information content (AvgIpc) is 3.07. The molecule has 0 aliphatic rings. The monoisotopic (exact) mass is 630 g/mol. The lowest BCUT2D eigenvalue weighted by atomic mass is 10.0. The fourth-order valence-corrected chi connectivity index (χ4v) is 4.10. The van der Waals surface area contributed by atoms with Gasteiger partial charge in [-0.25, -0.2) is 9.59 Å². The van der Waals surface area contributed by atoms with Crippen molar-refractivity contribution < 1.29 is 24.2 Å². The van der Waals surface area contributed by atoms with Crippen LogP contribution in [0.25, 0.3) is 0 Å². The Hall–Kier alpha value is -3.06. The second-order valence-electron chi connectivity index (χ2n) is 11.2. The summed E-state index contributed by atoms with van der Waals surface area (Å²) in [7, 11) is 7.87. The Morgan fingerprint density at radius 1 is 0.644 bits per heavy atom. The van der Waals surface area contributed by atoms with Gasteiger partial charge in [0.15, 0.2) is 0 Å². The quantitative estimate of drug-likeness (QED) is 0.185. The Bertz CT molecular complexity index is 971. The van der Waals surface area contributed by atoms with Crippen molar-refractivity contribution in [3.05, 3.63) is 59.7 Å². The van der Waals surface area contributed by atoms with Gasteiger partial charge in [0.05, 0.1) is 24.3 Å². The molecule has 0 saturated carbocycles. The number of anilines is 2. The summed E-state index contributed by atoms with van der Waals surface area (Å²) in [5.41, 5.74) is 3.37. The van der Waals surface area contributed by atoms with E-state index in [9.17, 15) is 9.59 Å². The van der Waals surface area contributed by atoms with Crippen molar-refractivity contribution in [1.29, 1.82) is 0 Å². The van der Waals surface area contributed by atoms with Crippen molar-refractivity contribution in [3.63, 3.8) is 0 Å². The van der Waals surface area contributed by atoms with Gasteiger partial charge in [-0.2, -0.15) is 0 Å². The molecule has 2 unspecified atom stereocenters. The van der Waals surface area contributed by atoms with Crippen molar-refractivity contribution in [2.75, 3.05) is 57.8 Å². The molecule has 0 saturated heterocycles. The van der Waals surface area contributed by atoms with E-state index in [0.717, 1.165) is 30.6 Å². The summed E-state index contributed by atoms with van der Waals surface area (Å²) >= 11 is 0. The third-order valence-corrected chi connectivity index (χ3v) is 7.31. The highest BCUT2D eigenvalue weighted by molar-refractivity contribution is 5.90. The van der Waals surface area contributed by atoms with Crippen LogP contribution in [0, 0.1) is 11.8 Å². The fraction of sp³-hybridized carbons (Fsp3) is 0.632. The predicted molar refractivity (Wildman–Crippen MR) is 193 cm³/mol. The Balaban J connectivity index is 0. The molecule has 0 fully saturated rings. The van der Waals surface area contributed by atoms with Crippen LogP contribution >= 0.6 is 0 Å². The minimum Gasteiger partial charge on any atom is -0.462 e. The number of hydrogen-bond donors (Lipinski definition) is 1. The zero-order chi connectivity index (χ0) is 34.6. The first-order chi connectivity index (χ1) is 21.6. The Morgan fingerprint density at radius 3 is 1.33 bits per heavy atom. The van der Waals surface area contributed by atoms with Gasteiger partial charge in [0, 0.05) is 46.2 Å². The lowest BCUT2D eigenvalue weighted by molar-refractivity contribution is 0.0427. The van der Waals surface area contributed by atoms with Crippen LogP contribution in [-0.2, 0) is 9.47 Å². The third kappa shape index (κ3) is 20.6. The largest absolute Gasteiger partial charge is 0.462 e. The normalized spacial score (nSPS) is 11.2. The molecule has 1 N–H and O–H groups in total. The van der Waals surface area contributed by atoms with E-state index in [4.69, 9.17) is 14.6 Å². The summed E-state index contributed by atoms with van der Waals surface area (Å²) in [4.78, 5) is 27.3. The van der Waals surface area contributed by atoms with Crippen LogP contribution in [0.2, 0.25) is 0 Å². The zero-order valence-corrected chi connectivity index (χ0v) is 30.5. The number of aliphatic hydroxyl groups excluding tert-OH is 1. The van der Waals surface area contributed by atoms with Crippen LogP contribution in [0.1, 0.15) is 121 Å². The number of unbranched alkanes of at least 4 members (excludes halogenated alkanes) is 2. The number of rotatable bonds is 16. The minimum atomic E-state index is -0.266. The molecular weight excluding hydrogens is 564 g/mol. The third-order valence-electron chi connectivity index (χ3n) is 7.31. The van der Waals surface area contributed by atoms with Crippen molar-refractivity contribution in [2.24, 2.45) is 11.8 Å². The summed E-state index contributed by atoms with van der Waals surface area (Å²) in [5.74, 6) is 0.563. The summed E-state index contributed by atoms with van der Waals surface area (Å²) in [6.07, 6.45) is 9.42. The molecule has 0 amide bonds. The van der Waals surface area contributed by atoms with Crippen LogP contribution in [0.15, 0.2) is 48.5 Å². The molecule has 0 aliphatic heterocycles. The molecule has 258 valence electrons. The highest BCUT2D eigenvalue weighted by Gasteiger charge is 2.12. The van der Waals surface area contributed by atoms with E-state index in [-0.39, 0.29) is 11.9 Å². The number of nitrogens with zero attached hydrogens (tertiary/aromatic N) is 2. The number of carbonyl (C=O) groups is 2. The molecule has 0 radical (unpaired) electrons. The lowest BCUT2D eigenvalue weighted by Crippen LogP contribution is -2.14. The SMILES string of the molecule is CC.CCCCC(CC)CO.CCCCC(CC)COC(=O)c1ccc(N(C)C)cc1.CCOC(=O)c1ccc(N(C)C)cc1. The van der Waals surface area contributed by atoms with Gasteiger partial charge in [-0.05, 0) is 80.1 Å². The van der Waals surface area contributed by atoms with E-state index in [1.165, 1.54) is 32.1 Å².